The number of para-hydroxylation sites is 2. The zero-order valence-electron chi connectivity index (χ0n) is 8.56. The van der Waals surface area contributed by atoms with Gasteiger partial charge in [-0.1, -0.05) is 12.1 Å². The summed E-state index contributed by atoms with van der Waals surface area (Å²) in [6, 6.07) is 6.48. The fourth-order valence-corrected chi connectivity index (χ4v) is 1.26. The Bertz CT molecular complexity index is 576. The minimum Gasteiger partial charge on any atom is -0.506 e. The van der Waals surface area contributed by atoms with Crippen molar-refractivity contribution in [3.8, 4) is 11.4 Å². The van der Waals surface area contributed by atoms with Crippen molar-refractivity contribution < 1.29 is 15.0 Å². The number of nitrogens with zero attached hydrogens (tertiary/aromatic N) is 4. The Morgan fingerprint density at radius 2 is 2.12 bits per heavy atom. The molecule has 0 bridgehead atoms. The molecule has 2 aromatic rings. The Balaban J connectivity index is 2.44. The molecule has 0 saturated carbocycles. The predicted molar refractivity (Wildman–Crippen MR) is 57.5 cm³/mol. The maximum absolute atomic E-state index is 10.4. The van der Waals surface area contributed by atoms with Crippen molar-refractivity contribution in [2.24, 2.45) is 0 Å². The smallest absolute Gasteiger partial charge is 0.328 e. The van der Waals surface area contributed by atoms with E-state index in [0.717, 1.165) is 6.08 Å². The van der Waals surface area contributed by atoms with Gasteiger partial charge in [0.05, 0.1) is 0 Å². The SMILES string of the molecule is O=C(O)/C=C/c1nnnn1-c1ccccc1O. The van der Waals surface area contributed by atoms with Gasteiger partial charge in [-0.05, 0) is 28.6 Å². The lowest BCUT2D eigenvalue weighted by Gasteiger charge is -2.03. The molecule has 0 aliphatic rings. The van der Waals surface area contributed by atoms with E-state index in [1.807, 2.05) is 0 Å². The first-order valence-electron chi connectivity index (χ1n) is 4.66. The van der Waals surface area contributed by atoms with E-state index in [9.17, 15) is 9.90 Å². The van der Waals surface area contributed by atoms with E-state index in [4.69, 9.17) is 5.11 Å². The van der Waals surface area contributed by atoms with Gasteiger partial charge < -0.3 is 10.2 Å². The van der Waals surface area contributed by atoms with Crippen LogP contribution in [-0.2, 0) is 4.79 Å². The van der Waals surface area contributed by atoms with Crippen molar-refractivity contribution in [2.45, 2.75) is 0 Å². The minimum atomic E-state index is -1.10. The fourth-order valence-electron chi connectivity index (χ4n) is 1.26. The van der Waals surface area contributed by atoms with Crippen molar-refractivity contribution in [2.75, 3.05) is 0 Å². The predicted octanol–water partition coefficient (Wildman–Crippen LogP) is 0.466. The normalized spacial score (nSPS) is 10.8. The van der Waals surface area contributed by atoms with Crippen LogP contribution in [0.15, 0.2) is 30.3 Å². The molecule has 17 heavy (non-hydrogen) atoms. The van der Waals surface area contributed by atoms with Crippen LogP contribution in [0.2, 0.25) is 0 Å². The number of carboxylic acids is 1. The molecule has 0 radical (unpaired) electrons. The third-order valence-corrected chi connectivity index (χ3v) is 1.98. The van der Waals surface area contributed by atoms with Crippen LogP contribution in [-0.4, -0.2) is 36.4 Å². The Morgan fingerprint density at radius 1 is 1.35 bits per heavy atom. The summed E-state index contributed by atoms with van der Waals surface area (Å²) >= 11 is 0. The van der Waals surface area contributed by atoms with Gasteiger partial charge in [-0.15, -0.1) is 5.10 Å². The number of aromatic hydroxyl groups is 1. The summed E-state index contributed by atoms with van der Waals surface area (Å²) in [5.74, 6) is -0.879. The highest BCUT2D eigenvalue weighted by Gasteiger charge is 2.09. The van der Waals surface area contributed by atoms with Crippen molar-refractivity contribution in [3.05, 3.63) is 36.2 Å². The molecule has 0 fully saturated rings. The number of phenols is 1. The maximum atomic E-state index is 10.4. The summed E-state index contributed by atoms with van der Waals surface area (Å²) in [7, 11) is 0. The van der Waals surface area contributed by atoms with E-state index < -0.39 is 5.97 Å². The van der Waals surface area contributed by atoms with Crippen molar-refractivity contribution >= 4 is 12.0 Å². The van der Waals surface area contributed by atoms with Gasteiger partial charge in [0.15, 0.2) is 5.82 Å². The number of hydrogen-bond donors (Lipinski definition) is 2. The summed E-state index contributed by atoms with van der Waals surface area (Å²) in [4.78, 5) is 10.4. The highest BCUT2D eigenvalue weighted by molar-refractivity contribution is 5.84. The highest BCUT2D eigenvalue weighted by atomic mass is 16.4. The molecule has 7 heteroatoms. The first kappa shape index (κ1) is 10.8. The number of carbonyl (C=O) groups is 1. The molecule has 1 aromatic heterocycles. The van der Waals surface area contributed by atoms with Crippen LogP contribution in [0.3, 0.4) is 0 Å². The van der Waals surface area contributed by atoms with Gasteiger partial charge in [0.2, 0.25) is 0 Å². The van der Waals surface area contributed by atoms with Gasteiger partial charge in [0, 0.05) is 6.08 Å². The third-order valence-electron chi connectivity index (χ3n) is 1.98. The molecule has 0 spiro atoms. The number of benzene rings is 1. The standard InChI is InChI=1S/C10H8N4O3/c15-8-4-2-1-3-7(8)14-9(11-12-13-14)5-6-10(16)17/h1-6,15H,(H,16,17)/b6-5+. The van der Waals surface area contributed by atoms with Crippen LogP contribution in [0.5, 0.6) is 5.75 Å². The lowest BCUT2D eigenvalue weighted by molar-refractivity contribution is -0.131. The molecule has 0 amide bonds. The topological polar surface area (TPSA) is 101 Å². The third kappa shape index (κ3) is 2.28. The van der Waals surface area contributed by atoms with Crippen LogP contribution in [0, 0.1) is 0 Å². The second-order valence-corrected chi connectivity index (χ2v) is 3.11. The Kier molecular flexibility index (Phi) is 2.82. The number of aliphatic carboxylic acids is 1. The van der Waals surface area contributed by atoms with E-state index in [0.29, 0.717) is 5.69 Å². The van der Waals surface area contributed by atoms with Gasteiger partial charge in [0.1, 0.15) is 11.4 Å². The molecular formula is C10H8N4O3. The zero-order valence-corrected chi connectivity index (χ0v) is 8.56. The first-order valence-corrected chi connectivity index (χ1v) is 4.66. The molecule has 0 saturated heterocycles. The molecule has 7 nitrogen and oxygen atoms in total. The maximum Gasteiger partial charge on any atom is 0.328 e. The number of carboxylic acid groups (broad SMARTS) is 1. The van der Waals surface area contributed by atoms with E-state index in [-0.39, 0.29) is 11.6 Å². The summed E-state index contributed by atoms with van der Waals surface area (Å²) in [5.41, 5.74) is 0.377. The molecule has 0 aliphatic carbocycles. The number of rotatable bonds is 3. The monoisotopic (exact) mass is 232 g/mol. The van der Waals surface area contributed by atoms with Crippen molar-refractivity contribution in [1.82, 2.24) is 20.2 Å². The molecule has 1 aromatic carbocycles. The average Bonchev–Trinajstić information content (AvgIpc) is 2.75. The molecule has 0 atom stereocenters. The number of phenolic OH excluding ortho intramolecular Hbond substituents is 1. The molecule has 2 rings (SSSR count). The second kappa shape index (κ2) is 4.44. The van der Waals surface area contributed by atoms with Gasteiger partial charge in [-0.3, -0.25) is 0 Å². The first-order chi connectivity index (χ1) is 8.18. The molecule has 1 heterocycles. The van der Waals surface area contributed by atoms with Crippen molar-refractivity contribution in [3.63, 3.8) is 0 Å². The molecule has 86 valence electrons. The second-order valence-electron chi connectivity index (χ2n) is 3.11. The molecule has 0 aliphatic heterocycles. The van der Waals surface area contributed by atoms with Crippen LogP contribution in [0.1, 0.15) is 5.82 Å². The number of tetrazole rings is 1. The van der Waals surface area contributed by atoms with Gasteiger partial charge in [-0.2, -0.15) is 4.68 Å². The van der Waals surface area contributed by atoms with Gasteiger partial charge in [-0.25, -0.2) is 4.79 Å². The van der Waals surface area contributed by atoms with E-state index >= 15 is 0 Å². The quantitative estimate of drug-likeness (QED) is 0.746. The summed E-state index contributed by atoms with van der Waals surface area (Å²) in [6.45, 7) is 0. The number of aromatic nitrogens is 4. The average molecular weight is 232 g/mol. The molecule has 0 unspecified atom stereocenters. The Hall–Kier alpha value is -2.70. The van der Waals surface area contributed by atoms with E-state index in [2.05, 4.69) is 15.5 Å². The lowest BCUT2D eigenvalue weighted by atomic mass is 10.3. The molecule has 2 N–H and O–H groups in total. The van der Waals surface area contributed by atoms with E-state index in [1.165, 1.54) is 16.8 Å². The zero-order chi connectivity index (χ0) is 12.3. The van der Waals surface area contributed by atoms with Gasteiger partial charge >= 0.3 is 5.97 Å². The highest BCUT2D eigenvalue weighted by Crippen LogP contribution is 2.20. The van der Waals surface area contributed by atoms with E-state index in [1.54, 1.807) is 18.2 Å². The van der Waals surface area contributed by atoms with Crippen LogP contribution < -0.4 is 0 Å². The number of hydrogen-bond acceptors (Lipinski definition) is 5. The van der Waals surface area contributed by atoms with Gasteiger partial charge in [0.25, 0.3) is 0 Å². The lowest BCUT2D eigenvalue weighted by Crippen LogP contribution is -2.00. The summed E-state index contributed by atoms with van der Waals surface area (Å²) < 4.78 is 1.24. The van der Waals surface area contributed by atoms with Crippen LogP contribution in [0.25, 0.3) is 11.8 Å². The minimum absolute atomic E-state index is 0.00442. The molecular weight excluding hydrogens is 224 g/mol. The Labute approximate surface area is 95.6 Å². The fraction of sp³-hybridized carbons (Fsp3) is 0. The van der Waals surface area contributed by atoms with Crippen LogP contribution in [0.4, 0.5) is 0 Å². The van der Waals surface area contributed by atoms with Crippen LogP contribution >= 0.6 is 0 Å². The summed E-state index contributed by atoms with van der Waals surface area (Å²) in [6.07, 6.45) is 2.16. The Morgan fingerprint density at radius 3 is 2.82 bits per heavy atom. The summed E-state index contributed by atoms with van der Waals surface area (Å²) in [5, 5.41) is 28.9. The largest absolute Gasteiger partial charge is 0.506 e. The van der Waals surface area contributed by atoms with Crippen molar-refractivity contribution in [1.29, 1.82) is 0 Å².